The monoisotopic (exact) mass is 539 g/mol. The van der Waals surface area contributed by atoms with Crippen molar-refractivity contribution in [2.24, 2.45) is 0 Å². The van der Waals surface area contributed by atoms with E-state index in [1.165, 1.54) is 51.4 Å². The van der Waals surface area contributed by atoms with Crippen LogP contribution in [-0.2, 0) is 20.0 Å². The number of nitrogens with one attached hydrogen (secondary N) is 2. The summed E-state index contributed by atoms with van der Waals surface area (Å²) in [5.41, 5.74) is 0. The highest BCUT2D eigenvalue weighted by molar-refractivity contribution is 7.89. The van der Waals surface area contributed by atoms with Gasteiger partial charge in [-0.1, -0.05) is 97.8 Å². The molecule has 0 saturated carbocycles. The topological polar surface area (TPSA) is 95.6 Å². The van der Waals surface area contributed by atoms with E-state index in [4.69, 9.17) is 0 Å². The molecule has 0 aromatic carbocycles. The van der Waals surface area contributed by atoms with Crippen molar-refractivity contribution >= 4 is 20.0 Å². The molecule has 0 aliphatic rings. The second-order valence-corrected chi connectivity index (χ2v) is 13.7. The predicted molar refractivity (Wildman–Crippen MR) is 151 cm³/mol. The van der Waals surface area contributed by atoms with E-state index >= 15 is 0 Å². The fourth-order valence-corrected chi connectivity index (χ4v) is 6.50. The second-order valence-electron chi connectivity index (χ2n) is 9.81. The SMILES string of the molecule is CCCCCCCCCS(=O)(=O)NCCCN(CC)CCCNS(=O)(=O)CCCCCCCCC. The largest absolute Gasteiger partial charge is 0.304 e. The van der Waals surface area contributed by atoms with Gasteiger partial charge in [-0.2, -0.15) is 0 Å². The number of rotatable bonds is 27. The molecule has 0 radical (unpaired) electrons. The van der Waals surface area contributed by atoms with Gasteiger partial charge in [0.05, 0.1) is 11.5 Å². The van der Waals surface area contributed by atoms with Gasteiger partial charge < -0.3 is 4.90 Å². The van der Waals surface area contributed by atoms with Crippen molar-refractivity contribution in [2.75, 3.05) is 44.2 Å². The fourth-order valence-electron chi connectivity index (χ4n) is 4.13. The summed E-state index contributed by atoms with van der Waals surface area (Å²) >= 11 is 0. The predicted octanol–water partition coefficient (Wildman–Crippen LogP) is 5.43. The number of hydrogen-bond acceptors (Lipinski definition) is 5. The molecule has 0 rings (SSSR count). The highest BCUT2D eigenvalue weighted by Crippen LogP contribution is 2.08. The van der Waals surface area contributed by atoms with Gasteiger partial charge in [0, 0.05) is 13.1 Å². The van der Waals surface area contributed by atoms with E-state index in [1.807, 2.05) is 0 Å². The fraction of sp³-hybridized carbons (Fsp3) is 1.00. The Hall–Kier alpha value is -0.220. The third-order valence-electron chi connectivity index (χ3n) is 6.43. The van der Waals surface area contributed by atoms with E-state index in [9.17, 15) is 16.8 Å². The van der Waals surface area contributed by atoms with Crippen LogP contribution < -0.4 is 9.44 Å². The summed E-state index contributed by atoms with van der Waals surface area (Å²) < 4.78 is 54.1. The molecule has 0 heterocycles. The summed E-state index contributed by atoms with van der Waals surface area (Å²) in [4.78, 5) is 2.25. The van der Waals surface area contributed by atoms with Gasteiger partial charge in [-0.25, -0.2) is 26.3 Å². The molecule has 0 amide bonds. The Morgan fingerprint density at radius 2 is 0.829 bits per heavy atom. The van der Waals surface area contributed by atoms with Crippen LogP contribution in [0.2, 0.25) is 0 Å². The van der Waals surface area contributed by atoms with E-state index in [0.29, 0.717) is 13.1 Å². The average Bonchev–Trinajstić information content (AvgIpc) is 2.81. The van der Waals surface area contributed by atoms with Crippen LogP contribution in [0.3, 0.4) is 0 Å². The first-order chi connectivity index (χ1) is 16.8. The van der Waals surface area contributed by atoms with Crippen molar-refractivity contribution in [1.82, 2.24) is 14.3 Å². The Balaban J connectivity index is 3.83. The smallest absolute Gasteiger partial charge is 0.211 e. The minimum absolute atomic E-state index is 0.220. The van der Waals surface area contributed by atoms with Gasteiger partial charge in [0.1, 0.15) is 0 Å². The first-order valence-corrected chi connectivity index (χ1v) is 17.7. The summed E-state index contributed by atoms with van der Waals surface area (Å²) in [7, 11) is -6.36. The zero-order chi connectivity index (χ0) is 26.3. The highest BCUT2D eigenvalue weighted by Gasteiger charge is 2.11. The number of hydrogen-bond donors (Lipinski definition) is 2. The number of nitrogens with zero attached hydrogens (tertiary/aromatic N) is 1. The van der Waals surface area contributed by atoms with Gasteiger partial charge in [-0.15, -0.1) is 0 Å². The molecule has 0 saturated heterocycles. The minimum atomic E-state index is -3.18. The molecular weight excluding hydrogens is 482 g/mol. The van der Waals surface area contributed by atoms with E-state index in [-0.39, 0.29) is 11.5 Å². The Kier molecular flexibility index (Phi) is 22.8. The van der Waals surface area contributed by atoms with Crippen molar-refractivity contribution in [3.8, 4) is 0 Å². The van der Waals surface area contributed by atoms with Gasteiger partial charge >= 0.3 is 0 Å². The average molecular weight is 540 g/mol. The standard InChI is InChI=1S/C26H57N3O4S2/c1-4-7-9-11-13-15-17-25-34(30,31)27-21-19-23-29(6-3)24-20-22-28-35(32,33)26-18-16-14-12-10-8-5-2/h27-28H,4-26H2,1-3H3. The number of sulfonamides is 2. The molecule has 212 valence electrons. The molecule has 35 heavy (non-hydrogen) atoms. The Labute approximate surface area is 218 Å². The summed E-state index contributed by atoms with van der Waals surface area (Å²) in [6.45, 7) is 9.87. The molecular formula is C26H57N3O4S2. The molecule has 0 unspecified atom stereocenters. The first kappa shape index (κ1) is 34.8. The summed E-state index contributed by atoms with van der Waals surface area (Å²) in [6, 6.07) is 0. The minimum Gasteiger partial charge on any atom is -0.304 e. The Bertz CT molecular complexity index is 614. The van der Waals surface area contributed by atoms with Crippen LogP contribution in [0.1, 0.15) is 124 Å². The van der Waals surface area contributed by atoms with Gasteiger partial charge in [0.2, 0.25) is 20.0 Å². The van der Waals surface area contributed by atoms with Crippen LogP contribution in [-0.4, -0.2) is 66.0 Å². The summed E-state index contributed by atoms with van der Waals surface area (Å²) in [6.07, 6.45) is 17.1. The lowest BCUT2D eigenvalue weighted by molar-refractivity contribution is 0.282. The van der Waals surface area contributed by atoms with Crippen LogP contribution >= 0.6 is 0 Å². The highest BCUT2D eigenvalue weighted by atomic mass is 32.2. The van der Waals surface area contributed by atoms with Crippen LogP contribution in [0.25, 0.3) is 0 Å². The molecule has 0 fully saturated rings. The van der Waals surface area contributed by atoms with Crippen molar-refractivity contribution in [2.45, 2.75) is 124 Å². The van der Waals surface area contributed by atoms with Gasteiger partial charge in [0.15, 0.2) is 0 Å². The van der Waals surface area contributed by atoms with E-state index in [2.05, 4.69) is 35.1 Å². The molecule has 0 aliphatic heterocycles. The molecule has 7 nitrogen and oxygen atoms in total. The maximum absolute atomic E-state index is 12.1. The lowest BCUT2D eigenvalue weighted by atomic mass is 10.1. The maximum Gasteiger partial charge on any atom is 0.211 e. The molecule has 2 N–H and O–H groups in total. The molecule has 9 heteroatoms. The molecule has 0 aromatic rings. The van der Waals surface area contributed by atoms with E-state index < -0.39 is 20.0 Å². The third-order valence-corrected chi connectivity index (χ3v) is 9.37. The molecule has 0 aliphatic carbocycles. The Morgan fingerprint density at radius 3 is 1.17 bits per heavy atom. The summed E-state index contributed by atoms with van der Waals surface area (Å²) in [5, 5.41) is 0. The molecule has 0 bridgehead atoms. The third kappa shape index (κ3) is 23.9. The van der Waals surface area contributed by atoms with E-state index in [1.54, 1.807) is 0 Å². The van der Waals surface area contributed by atoms with Crippen LogP contribution in [0, 0.1) is 0 Å². The van der Waals surface area contributed by atoms with Crippen LogP contribution in [0.15, 0.2) is 0 Å². The zero-order valence-electron chi connectivity index (χ0n) is 23.2. The summed E-state index contributed by atoms with van der Waals surface area (Å²) in [5.74, 6) is 0.439. The second kappa shape index (κ2) is 22.9. The van der Waals surface area contributed by atoms with E-state index in [0.717, 1.165) is 71.0 Å². The Morgan fingerprint density at radius 1 is 0.486 bits per heavy atom. The van der Waals surface area contributed by atoms with Gasteiger partial charge in [-0.3, -0.25) is 0 Å². The van der Waals surface area contributed by atoms with Crippen molar-refractivity contribution in [3.63, 3.8) is 0 Å². The van der Waals surface area contributed by atoms with Crippen molar-refractivity contribution < 1.29 is 16.8 Å². The van der Waals surface area contributed by atoms with Crippen molar-refractivity contribution in [3.05, 3.63) is 0 Å². The maximum atomic E-state index is 12.1. The van der Waals surface area contributed by atoms with Crippen LogP contribution in [0.5, 0.6) is 0 Å². The lowest BCUT2D eigenvalue weighted by Gasteiger charge is -2.20. The lowest BCUT2D eigenvalue weighted by Crippen LogP contribution is -2.33. The van der Waals surface area contributed by atoms with Gasteiger partial charge in [-0.05, 0) is 45.3 Å². The first-order valence-electron chi connectivity index (χ1n) is 14.4. The van der Waals surface area contributed by atoms with Crippen molar-refractivity contribution in [1.29, 1.82) is 0 Å². The number of unbranched alkanes of at least 4 members (excludes halogenated alkanes) is 12. The normalized spacial score (nSPS) is 12.6. The quantitative estimate of drug-likeness (QED) is 0.136. The molecule has 0 spiro atoms. The van der Waals surface area contributed by atoms with Gasteiger partial charge in [0.25, 0.3) is 0 Å². The molecule has 0 atom stereocenters. The van der Waals surface area contributed by atoms with Crippen LogP contribution in [0.4, 0.5) is 0 Å². The zero-order valence-corrected chi connectivity index (χ0v) is 24.8. The molecule has 0 aromatic heterocycles.